The van der Waals surface area contributed by atoms with Crippen LogP contribution in [-0.4, -0.2) is 5.21 Å². The van der Waals surface area contributed by atoms with E-state index in [1.807, 2.05) is 42.5 Å². The van der Waals surface area contributed by atoms with Crippen molar-refractivity contribution < 1.29 is 5.21 Å². The molecule has 0 fully saturated rings. The minimum atomic E-state index is 0.671. The maximum atomic E-state index is 8.78. The second-order valence-corrected chi connectivity index (χ2v) is 3.31. The third kappa shape index (κ3) is 2.08. The largest absolute Gasteiger partial charge is 0.399 e. The summed E-state index contributed by atoms with van der Waals surface area (Å²) in [5.41, 5.74) is 11.3. The van der Waals surface area contributed by atoms with Gasteiger partial charge in [-0.15, -0.1) is 0 Å². The van der Waals surface area contributed by atoms with Gasteiger partial charge in [-0.1, -0.05) is 24.3 Å². The van der Waals surface area contributed by atoms with Crippen LogP contribution in [-0.2, 0) is 0 Å². The zero-order chi connectivity index (χ0) is 10.7. The zero-order valence-electron chi connectivity index (χ0n) is 8.14. The highest BCUT2D eigenvalue weighted by molar-refractivity contribution is 5.69. The molecule has 4 N–H and O–H groups in total. The second kappa shape index (κ2) is 4.02. The van der Waals surface area contributed by atoms with Crippen LogP contribution in [0, 0.1) is 0 Å². The fourth-order valence-electron chi connectivity index (χ4n) is 1.44. The summed E-state index contributed by atoms with van der Waals surface area (Å²) in [5.74, 6) is 0. The van der Waals surface area contributed by atoms with Gasteiger partial charge < -0.3 is 5.73 Å². The lowest BCUT2D eigenvalue weighted by Gasteiger charge is -2.04. The number of nitrogens with one attached hydrogen (secondary N) is 1. The Labute approximate surface area is 88.1 Å². The van der Waals surface area contributed by atoms with Crippen molar-refractivity contribution in [3.63, 3.8) is 0 Å². The van der Waals surface area contributed by atoms with Gasteiger partial charge in [-0.05, 0) is 35.4 Å². The highest BCUT2D eigenvalue weighted by Gasteiger charge is 1.98. The SMILES string of the molecule is Nc1ccc(-c2cccc(NO)c2)cc1. The molecule has 0 spiro atoms. The van der Waals surface area contributed by atoms with Gasteiger partial charge in [0.05, 0.1) is 5.69 Å². The molecule has 0 amide bonds. The first-order valence-corrected chi connectivity index (χ1v) is 4.66. The minimum Gasteiger partial charge on any atom is -0.399 e. The first-order valence-electron chi connectivity index (χ1n) is 4.66. The Morgan fingerprint density at radius 2 is 1.67 bits per heavy atom. The van der Waals surface area contributed by atoms with Gasteiger partial charge in [0.15, 0.2) is 0 Å². The maximum absolute atomic E-state index is 8.78. The number of nitrogen functional groups attached to an aromatic ring is 1. The summed E-state index contributed by atoms with van der Waals surface area (Å²) in [6, 6.07) is 15.1. The summed E-state index contributed by atoms with van der Waals surface area (Å²) < 4.78 is 0. The average Bonchev–Trinajstić information content (AvgIpc) is 2.30. The Kier molecular flexibility index (Phi) is 2.56. The highest BCUT2D eigenvalue weighted by atomic mass is 16.5. The molecule has 3 nitrogen and oxygen atoms in total. The van der Waals surface area contributed by atoms with Gasteiger partial charge in [0.25, 0.3) is 0 Å². The van der Waals surface area contributed by atoms with Crippen molar-refractivity contribution in [3.05, 3.63) is 48.5 Å². The molecule has 15 heavy (non-hydrogen) atoms. The predicted molar refractivity (Wildman–Crippen MR) is 61.7 cm³/mol. The molecule has 3 heteroatoms. The van der Waals surface area contributed by atoms with Crippen molar-refractivity contribution in [2.75, 3.05) is 11.2 Å². The molecule has 0 aliphatic rings. The number of rotatable bonds is 2. The summed E-state index contributed by atoms with van der Waals surface area (Å²) in [6.07, 6.45) is 0. The van der Waals surface area contributed by atoms with E-state index >= 15 is 0 Å². The van der Waals surface area contributed by atoms with Crippen molar-refractivity contribution in [2.24, 2.45) is 0 Å². The maximum Gasteiger partial charge on any atom is 0.0608 e. The lowest BCUT2D eigenvalue weighted by atomic mass is 10.1. The smallest absolute Gasteiger partial charge is 0.0608 e. The average molecular weight is 200 g/mol. The third-order valence-corrected chi connectivity index (χ3v) is 2.24. The molecule has 0 aliphatic heterocycles. The van der Waals surface area contributed by atoms with Crippen LogP contribution < -0.4 is 11.2 Å². The summed E-state index contributed by atoms with van der Waals surface area (Å²) in [6.45, 7) is 0. The molecule has 0 bridgehead atoms. The molecule has 0 atom stereocenters. The van der Waals surface area contributed by atoms with E-state index in [4.69, 9.17) is 10.9 Å². The van der Waals surface area contributed by atoms with E-state index in [0.717, 1.165) is 16.8 Å². The normalized spacial score (nSPS) is 9.93. The summed E-state index contributed by atoms with van der Waals surface area (Å²) in [4.78, 5) is 0. The zero-order valence-corrected chi connectivity index (χ0v) is 8.14. The Balaban J connectivity index is 2.40. The van der Waals surface area contributed by atoms with E-state index in [2.05, 4.69) is 5.48 Å². The number of benzene rings is 2. The van der Waals surface area contributed by atoms with Crippen molar-refractivity contribution in [1.82, 2.24) is 0 Å². The van der Waals surface area contributed by atoms with Crippen molar-refractivity contribution >= 4 is 11.4 Å². The standard InChI is InChI=1S/C12H12N2O/c13-11-6-4-9(5-7-11)10-2-1-3-12(8-10)14-15/h1-8,14-15H,13H2. The van der Waals surface area contributed by atoms with Gasteiger partial charge in [0, 0.05) is 5.69 Å². The second-order valence-electron chi connectivity index (χ2n) is 3.31. The first kappa shape index (κ1) is 9.55. The van der Waals surface area contributed by atoms with Gasteiger partial charge in [0.1, 0.15) is 0 Å². The van der Waals surface area contributed by atoms with Gasteiger partial charge in [-0.25, -0.2) is 0 Å². The first-order chi connectivity index (χ1) is 7.29. The molecule has 2 aromatic rings. The Bertz CT molecular complexity index is 451. The van der Waals surface area contributed by atoms with E-state index in [1.165, 1.54) is 0 Å². The molecule has 2 aromatic carbocycles. The fourth-order valence-corrected chi connectivity index (χ4v) is 1.44. The topological polar surface area (TPSA) is 58.3 Å². The summed E-state index contributed by atoms with van der Waals surface area (Å²) in [7, 11) is 0. The van der Waals surface area contributed by atoms with Crippen LogP contribution in [0.25, 0.3) is 11.1 Å². The molecule has 0 aliphatic carbocycles. The lowest BCUT2D eigenvalue weighted by Crippen LogP contribution is -1.89. The number of anilines is 2. The molecule has 0 aromatic heterocycles. The molecule has 0 radical (unpaired) electrons. The van der Waals surface area contributed by atoms with Crippen LogP contribution in [0.2, 0.25) is 0 Å². The Hall–Kier alpha value is -2.00. The number of hydrogen-bond acceptors (Lipinski definition) is 3. The lowest BCUT2D eigenvalue weighted by molar-refractivity contribution is 0.389. The molecule has 2 rings (SSSR count). The van der Waals surface area contributed by atoms with Crippen LogP contribution >= 0.6 is 0 Å². The van der Waals surface area contributed by atoms with Crippen LogP contribution in [0.15, 0.2) is 48.5 Å². The molecule has 0 heterocycles. The van der Waals surface area contributed by atoms with Crippen molar-refractivity contribution in [2.45, 2.75) is 0 Å². The molecule has 76 valence electrons. The van der Waals surface area contributed by atoms with Gasteiger partial charge in [-0.2, -0.15) is 0 Å². The van der Waals surface area contributed by atoms with E-state index in [9.17, 15) is 0 Å². The molecule has 0 unspecified atom stereocenters. The van der Waals surface area contributed by atoms with Crippen LogP contribution in [0.1, 0.15) is 0 Å². The Morgan fingerprint density at radius 1 is 0.933 bits per heavy atom. The van der Waals surface area contributed by atoms with E-state index < -0.39 is 0 Å². The Morgan fingerprint density at radius 3 is 2.33 bits per heavy atom. The van der Waals surface area contributed by atoms with Gasteiger partial charge in [-0.3, -0.25) is 10.7 Å². The summed E-state index contributed by atoms with van der Waals surface area (Å²) >= 11 is 0. The van der Waals surface area contributed by atoms with E-state index in [-0.39, 0.29) is 0 Å². The number of hydrogen-bond donors (Lipinski definition) is 3. The van der Waals surface area contributed by atoms with Crippen molar-refractivity contribution in [3.8, 4) is 11.1 Å². The van der Waals surface area contributed by atoms with Crippen LogP contribution in [0.4, 0.5) is 11.4 Å². The van der Waals surface area contributed by atoms with E-state index in [0.29, 0.717) is 5.69 Å². The van der Waals surface area contributed by atoms with Gasteiger partial charge >= 0.3 is 0 Å². The molecular formula is C12H12N2O. The molecular weight excluding hydrogens is 188 g/mol. The molecule has 0 saturated heterocycles. The van der Waals surface area contributed by atoms with Crippen molar-refractivity contribution in [1.29, 1.82) is 0 Å². The third-order valence-electron chi connectivity index (χ3n) is 2.24. The number of nitrogens with two attached hydrogens (primary N) is 1. The fraction of sp³-hybridized carbons (Fsp3) is 0. The highest BCUT2D eigenvalue weighted by Crippen LogP contribution is 2.23. The van der Waals surface area contributed by atoms with Gasteiger partial charge in [0.2, 0.25) is 0 Å². The quantitative estimate of drug-likeness (QED) is 0.516. The van der Waals surface area contributed by atoms with Crippen LogP contribution in [0.3, 0.4) is 0 Å². The van der Waals surface area contributed by atoms with E-state index in [1.54, 1.807) is 6.07 Å². The minimum absolute atomic E-state index is 0.671. The predicted octanol–water partition coefficient (Wildman–Crippen LogP) is 2.74. The van der Waals surface area contributed by atoms with Crippen LogP contribution in [0.5, 0.6) is 0 Å². The molecule has 0 saturated carbocycles. The summed E-state index contributed by atoms with van der Waals surface area (Å²) in [5, 5.41) is 8.78. The monoisotopic (exact) mass is 200 g/mol.